The van der Waals surface area contributed by atoms with Crippen molar-refractivity contribution in [1.29, 1.82) is 5.26 Å². The highest BCUT2D eigenvalue weighted by molar-refractivity contribution is 5.24. The zero-order valence-corrected chi connectivity index (χ0v) is 11.0. The van der Waals surface area contributed by atoms with E-state index in [4.69, 9.17) is 0 Å². The first-order valence-electron chi connectivity index (χ1n) is 7.07. The van der Waals surface area contributed by atoms with Gasteiger partial charge in [-0.15, -0.1) is 0 Å². The fourth-order valence-electron chi connectivity index (χ4n) is 2.69. The summed E-state index contributed by atoms with van der Waals surface area (Å²) in [5.74, 6) is 0.0657. The number of likely N-dealkylation sites (tertiary alicyclic amines) is 1. The normalized spacial score (nSPS) is 18.2. The van der Waals surface area contributed by atoms with E-state index in [0.717, 1.165) is 19.4 Å². The van der Waals surface area contributed by atoms with Crippen LogP contribution < -0.4 is 0 Å². The monoisotopic (exact) mass is 242 g/mol. The summed E-state index contributed by atoms with van der Waals surface area (Å²) in [6.07, 6.45) is 6.20. The van der Waals surface area contributed by atoms with Crippen molar-refractivity contribution in [2.24, 2.45) is 0 Å². The Morgan fingerprint density at radius 2 is 1.83 bits per heavy atom. The second-order valence-electron chi connectivity index (χ2n) is 5.14. The molecule has 2 heteroatoms. The molecule has 0 N–H and O–H groups in total. The number of rotatable bonds is 5. The van der Waals surface area contributed by atoms with E-state index in [1.807, 2.05) is 18.2 Å². The Morgan fingerprint density at radius 3 is 2.50 bits per heavy atom. The van der Waals surface area contributed by atoms with Crippen LogP contribution in [0, 0.1) is 11.3 Å². The smallest absolute Gasteiger partial charge is 0.0713 e. The quantitative estimate of drug-likeness (QED) is 0.789. The van der Waals surface area contributed by atoms with Gasteiger partial charge in [0.25, 0.3) is 0 Å². The molecule has 0 aromatic heterocycles. The molecular formula is C16H22N2. The van der Waals surface area contributed by atoms with E-state index in [-0.39, 0.29) is 5.92 Å². The molecule has 0 bridgehead atoms. The minimum atomic E-state index is 0.0657. The van der Waals surface area contributed by atoms with Crippen molar-refractivity contribution in [3.63, 3.8) is 0 Å². The molecule has 1 aliphatic rings. The molecule has 1 fully saturated rings. The van der Waals surface area contributed by atoms with Gasteiger partial charge in [0.05, 0.1) is 12.0 Å². The molecule has 18 heavy (non-hydrogen) atoms. The molecule has 96 valence electrons. The topological polar surface area (TPSA) is 27.0 Å². The third-order valence-electron chi connectivity index (χ3n) is 3.77. The zero-order valence-electron chi connectivity index (χ0n) is 11.0. The average Bonchev–Trinajstić information content (AvgIpc) is 2.46. The summed E-state index contributed by atoms with van der Waals surface area (Å²) in [5.41, 5.74) is 1.17. The minimum Gasteiger partial charge on any atom is -0.303 e. The van der Waals surface area contributed by atoms with Crippen LogP contribution >= 0.6 is 0 Å². The molecule has 0 saturated carbocycles. The molecule has 2 nitrogen and oxygen atoms in total. The van der Waals surface area contributed by atoms with Gasteiger partial charge >= 0.3 is 0 Å². The van der Waals surface area contributed by atoms with Crippen molar-refractivity contribution in [3.05, 3.63) is 35.9 Å². The molecule has 0 spiro atoms. The maximum atomic E-state index is 9.25. The van der Waals surface area contributed by atoms with Gasteiger partial charge in [-0.1, -0.05) is 36.8 Å². The van der Waals surface area contributed by atoms with Crippen molar-refractivity contribution in [1.82, 2.24) is 4.90 Å². The maximum Gasteiger partial charge on any atom is 0.0713 e. The van der Waals surface area contributed by atoms with E-state index in [2.05, 4.69) is 23.1 Å². The van der Waals surface area contributed by atoms with Crippen LogP contribution in [0.1, 0.15) is 43.6 Å². The highest BCUT2D eigenvalue weighted by Gasteiger charge is 2.13. The Hall–Kier alpha value is -1.33. The van der Waals surface area contributed by atoms with E-state index in [9.17, 15) is 5.26 Å². The molecule has 1 atom stereocenters. The number of hydrogen-bond acceptors (Lipinski definition) is 2. The van der Waals surface area contributed by atoms with E-state index in [0.29, 0.717) is 0 Å². The Balaban J connectivity index is 1.76. The lowest BCUT2D eigenvalue weighted by molar-refractivity contribution is 0.224. The van der Waals surface area contributed by atoms with Crippen molar-refractivity contribution in [3.8, 4) is 6.07 Å². The van der Waals surface area contributed by atoms with Gasteiger partial charge in [0.1, 0.15) is 0 Å². The summed E-state index contributed by atoms with van der Waals surface area (Å²) in [6.45, 7) is 3.66. The van der Waals surface area contributed by atoms with E-state index >= 15 is 0 Å². The molecule has 1 aromatic rings. The number of nitriles is 1. The molecule has 0 amide bonds. The molecule has 1 aromatic carbocycles. The highest BCUT2D eigenvalue weighted by atomic mass is 15.1. The van der Waals surface area contributed by atoms with E-state index in [1.165, 1.54) is 37.9 Å². The van der Waals surface area contributed by atoms with Crippen LogP contribution in [0.15, 0.2) is 30.3 Å². The van der Waals surface area contributed by atoms with Crippen molar-refractivity contribution < 1.29 is 0 Å². The predicted octanol–water partition coefficient (Wildman–Crippen LogP) is 3.56. The van der Waals surface area contributed by atoms with Crippen LogP contribution in [-0.4, -0.2) is 24.5 Å². The van der Waals surface area contributed by atoms with Crippen LogP contribution in [0.3, 0.4) is 0 Å². The van der Waals surface area contributed by atoms with Crippen molar-refractivity contribution >= 4 is 0 Å². The van der Waals surface area contributed by atoms with Gasteiger partial charge in [-0.2, -0.15) is 5.26 Å². The number of nitrogens with zero attached hydrogens (tertiary/aromatic N) is 2. The molecular weight excluding hydrogens is 220 g/mol. The minimum absolute atomic E-state index is 0.0657. The third kappa shape index (κ3) is 3.85. The first-order valence-corrected chi connectivity index (χ1v) is 7.07. The van der Waals surface area contributed by atoms with Crippen LogP contribution in [-0.2, 0) is 0 Å². The van der Waals surface area contributed by atoms with Crippen molar-refractivity contribution in [2.45, 2.75) is 38.0 Å². The van der Waals surface area contributed by atoms with Gasteiger partial charge in [-0.3, -0.25) is 0 Å². The predicted molar refractivity (Wildman–Crippen MR) is 74.3 cm³/mol. The van der Waals surface area contributed by atoms with Gasteiger partial charge in [-0.05, 0) is 50.9 Å². The van der Waals surface area contributed by atoms with Crippen molar-refractivity contribution in [2.75, 3.05) is 19.6 Å². The van der Waals surface area contributed by atoms with Gasteiger partial charge in [0.15, 0.2) is 0 Å². The second-order valence-corrected chi connectivity index (χ2v) is 5.14. The standard InChI is InChI=1S/C16H22N2/c17-14-16(15-8-3-1-4-9-15)10-7-13-18-11-5-2-6-12-18/h1,3-4,8-9,16H,2,5-7,10-13H2. The average molecular weight is 242 g/mol. The first kappa shape index (κ1) is 13.1. The van der Waals surface area contributed by atoms with Crippen LogP contribution in [0.25, 0.3) is 0 Å². The highest BCUT2D eigenvalue weighted by Crippen LogP contribution is 2.20. The molecule has 1 aliphatic heterocycles. The van der Waals surface area contributed by atoms with Gasteiger partial charge < -0.3 is 4.90 Å². The Bertz CT molecular complexity index is 374. The fraction of sp³-hybridized carbons (Fsp3) is 0.562. The summed E-state index contributed by atoms with van der Waals surface area (Å²) in [5, 5.41) is 9.25. The zero-order chi connectivity index (χ0) is 12.6. The molecule has 1 heterocycles. The second kappa shape index (κ2) is 7.18. The third-order valence-corrected chi connectivity index (χ3v) is 3.77. The molecule has 0 aliphatic carbocycles. The summed E-state index contributed by atoms with van der Waals surface area (Å²) < 4.78 is 0. The van der Waals surface area contributed by atoms with Gasteiger partial charge in [0, 0.05) is 0 Å². The fourth-order valence-corrected chi connectivity index (χ4v) is 2.69. The number of hydrogen-bond donors (Lipinski definition) is 0. The van der Waals surface area contributed by atoms with Crippen LogP contribution in [0.5, 0.6) is 0 Å². The van der Waals surface area contributed by atoms with Gasteiger partial charge in [0.2, 0.25) is 0 Å². The van der Waals surface area contributed by atoms with Gasteiger partial charge in [-0.25, -0.2) is 0 Å². The Morgan fingerprint density at radius 1 is 1.11 bits per heavy atom. The number of benzene rings is 1. The molecule has 2 rings (SSSR count). The SMILES string of the molecule is N#CC(CCCN1CCCCC1)c1ccccc1. The Labute approximate surface area is 110 Å². The lowest BCUT2D eigenvalue weighted by Crippen LogP contribution is -2.30. The van der Waals surface area contributed by atoms with E-state index < -0.39 is 0 Å². The van der Waals surface area contributed by atoms with E-state index in [1.54, 1.807) is 0 Å². The summed E-state index contributed by atoms with van der Waals surface area (Å²) in [7, 11) is 0. The molecule has 0 radical (unpaired) electrons. The summed E-state index contributed by atoms with van der Waals surface area (Å²) in [4.78, 5) is 2.54. The molecule has 1 saturated heterocycles. The molecule has 1 unspecified atom stereocenters. The lowest BCUT2D eigenvalue weighted by atomic mass is 9.95. The summed E-state index contributed by atoms with van der Waals surface area (Å²) >= 11 is 0. The lowest BCUT2D eigenvalue weighted by Gasteiger charge is -2.26. The number of piperidine rings is 1. The summed E-state index contributed by atoms with van der Waals surface area (Å²) in [6, 6.07) is 12.6. The largest absolute Gasteiger partial charge is 0.303 e. The first-order chi connectivity index (χ1) is 8.90. The van der Waals surface area contributed by atoms with Crippen LogP contribution in [0.4, 0.5) is 0 Å². The maximum absolute atomic E-state index is 9.25. The van der Waals surface area contributed by atoms with Crippen LogP contribution in [0.2, 0.25) is 0 Å². The Kier molecular flexibility index (Phi) is 5.23.